The number of phenols is 1. The summed E-state index contributed by atoms with van der Waals surface area (Å²) < 4.78 is 1.00. The lowest BCUT2D eigenvalue weighted by atomic mass is 10.1. The highest BCUT2D eigenvalue weighted by Crippen LogP contribution is 2.32. The number of nitrogens with one attached hydrogen (secondary N) is 1. The number of fused-ring (bicyclic) bond motifs is 1. The quantitative estimate of drug-likeness (QED) is 0.717. The number of aromatic nitrogens is 2. The Morgan fingerprint density at radius 1 is 1.12 bits per heavy atom. The minimum Gasteiger partial charge on any atom is -0.508 e. The fourth-order valence-corrected chi connectivity index (χ4v) is 2.34. The highest BCUT2D eigenvalue weighted by molar-refractivity contribution is 9.10. The molecule has 1 heterocycles. The molecule has 1 aromatic heterocycles. The monoisotopic (exact) mass is 288 g/mol. The van der Waals surface area contributed by atoms with Crippen molar-refractivity contribution in [1.29, 1.82) is 0 Å². The van der Waals surface area contributed by atoms with E-state index in [9.17, 15) is 5.11 Å². The standard InChI is InChI=1S/C13H9BrN2O/c14-11-4-2-1-3-9(11)13-10-6-5-8(17)7-12(10)15-16-13/h1-7,17H,(H,15,16). The van der Waals surface area contributed by atoms with Gasteiger partial charge in [0, 0.05) is 21.5 Å². The largest absolute Gasteiger partial charge is 0.508 e. The molecule has 0 saturated carbocycles. The van der Waals surface area contributed by atoms with Gasteiger partial charge in [-0.05, 0) is 18.2 Å². The fourth-order valence-electron chi connectivity index (χ4n) is 1.87. The van der Waals surface area contributed by atoms with Crippen molar-refractivity contribution in [1.82, 2.24) is 10.2 Å². The highest BCUT2D eigenvalue weighted by atomic mass is 79.9. The van der Waals surface area contributed by atoms with E-state index in [4.69, 9.17) is 0 Å². The van der Waals surface area contributed by atoms with Gasteiger partial charge >= 0.3 is 0 Å². The maximum Gasteiger partial charge on any atom is 0.117 e. The Hall–Kier alpha value is -1.81. The normalized spacial score (nSPS) is 10.9. The van der Waals surface area contributed by atoms with Gasteiger partial charge in [0.05, 0.1) is 5.52 Å². The van der Waals surface area contributed by atoms with Crippen molar-refractivity contribution in [3.05, 3.63) is 46.9 Å². The number of hydrogen-bond donors (Lipinski definition) is 2. The Kier molecular flexibility index (Phi) is 2.37. The van der Waals surface area contributed by atoms with Gasteiger partial charge < -0.3 is 5.11 Å². The maximum absolute atomic E-state index is 9.41. The number of benzene rings is 2. The molecule has 0 amide bonds. The second-order valence-electron chi connectivity index (χ2n) is 3.78. The number of H-pyrrole nitrogens is 1. The van der Waals surface area contributed by atoms with Crippen LogP contribution in [0.3, 0.4) is 0 Å². The first-order valence-corrected chi connectivity index (χ1v) is 5.97. The summed E-state index contributed by atoms with van der Waals surface area (Å²) in [5.41, 5.74) is 2.74. The van der Waals surface area contributed by atoms with E-state index >= 15 is 0 Å². The van der Waals surface area contributed by atoms with Crippen LogP contribution in [-0.4, -0.2) is 15.3 Å². The van der Waals surface area contributed by atoms with E-state index in [0.717, 1.165) is 26.6 Å². The molecule has 0 spiro atoms. The third-order valence-corrected chi connectivity index (χ3v) is 3.37. The molecule has 2 N–H and O–H groups in total. The van der Waals surface area contributed by atoms with Crippen LogP contribution in [0, 0.1) is 0 Å². The van der Waals surface area contributed by atoms with Crippen LogP contribution in [-0.2, 0) is 0 Å². The zero-order valence-corrected chi connectivity index (χ0v) is 10.4. The summed E-state index contributed by atoms with van der Waals surface area (Å²) in [6, 6.07) is 13.1. The molecular formula is C13H9BrN2O. The lowest BCUT2D eigenvalue weighted by Gasteiger charge is -2.00. The van der Waals surface area contributed by atoms with Crippen molar-refractivity contribution >= 4 is 26.8 Å². The molecule has 17 heavy (non-hydrogen) atoms. The lowest BCUT2D eigenvalue weighted by Crippen LogP contribution is -1.80. The molecule has 3 rings (SSSR count). The van der Waals surface area contributed by atoms with Crippen LogP contribution in [0.1, 0.15) is 0 Å². The molecule has 3 aromatic rings. The van der Waals surface area contributed by atoms with E-state index in [1.54, 1.807) is 12.1 Å². The Labute approximate surface area is 106 Å². The molecule has 0 bridgehead atoms. The van der Waals surface area contributed by atoms with Crippen molar-refractivity contribution in [2.45, 2.75) is 0 Å². The molecule has 0 fully saturated rings. The van der Waals surface area contributed by atoms with E-state index < -0.39 is 0 Å². The van der Waals surface area contributed by atoms with Crippen LogP contribution < -0.4 is 0 Å². The SMILES string of the molecule is Oc1ccc2c(-c3ccccc3Br)n[nH]c2c1. The van der Waals surface area contributed by atoms with Crippen molar-refractivity contribution in [2.24, 2.45) is 0 Å². The third-order valence-electron chi connectivity index (χ3n) is 2.68. The predicted octanol–water partition coefficient (Wildman–Crippen LogP) is 3.70. The first-order valence-electron chi connectivity index (χ1n) is 5.18. The molecule has 0 aliphatic heterocycles. The van der Waals surface area contributed by atoms with Crippen LogP contribution in [0.15, 0.2) is 46.9 Å². The van der Waals surface area contributed by atoms with Gasteiger partial charge in [-0.15, -0.1) is 0 Å². The number of aromatic hydroxyl groups is 1. The van der Waals surface area contributed by atoms with Gasteiger partial charge in [0.1, 0.15) is 11.4 Å². The Balaban J connectivity index is 2.29. The third kappa shape index (κ3) is 1.70. The fraction of sp³-hybridized carbons (Fsp3) is 0. The molecule has 0 unspecified atom stereocenters. The first kappa shape index (κ1) is 10.4. The van der Waals surface area contributed by atoms with E-state index in [1.165, 1.54) is 0 Å². The summed E-state index contributed by atoms with van der Waals surface area (Å²) in [5.74, 6) is 0.236. The lowest BCUT2D eigenvalue weighted by molar-refractivity contribution is 0.476. The van der Waals surface area contributed by atoms with Crippen LogP contribution in [0.25, 0.3) is 22.2 Å². The first-order chi connectivity index (χ1) is 8.25. The summed E-state index contributed by atoms with van der Waals surface area (Å²) in [4.78, 5) is 0. The van der Waals surface area contributed by atoms with Gasteiger partial charge in [0.25, 0.3) is 0 Å². The molecule has 2 aromatic carbocycles. The Morgan fingerprint density at radius 2 is 1.94 bits per heavy atom. The maximum atomic E-state index is 9.41. The highest BCUT2D eigenvalue weighted by Gasteiger charge is 2.10. The van der Waals surface area contributed by atoms with Crippen LogP contribution in [0.2, 0.25) is 0 Å². The molecule has 0 saturated heterocycles. The molecule has 0 aliphatic carbocycles. The van der Waals surface area contributed by atoms with Crippen molar-refractivity contribution in [3.63, 3.8) is 0 Å². The van der Waals surface area contributed by atoms with Gasteiger partial charge in [-0.1, -0.05) is 34.1 Å². The van der Waals surface area contributed by atoms with Crippen molar-refractivity contribution in [3.8, 4) is 17.0 Å². The number of rotatable bonds is 1. The van der Waals surface area contributed by atoms with E-state index in [2.05, 4.69) is 26.1 Å². The molecule has 0 atom stereocenters. The van der Waals surface area contributed by atoms with Crippen molar-refractivity contribution in [2.75, 3.05) is 0 Å². The summed E-state index contributed by atoms with van der Waals surface area (Å²) in [6.45, 7) is 0. The zero-order valence-electron chi connectivity index (χ0n) is 8.81. The molecule has 0 radical (unpaired) electrons. The Bertz CT molecular complexity index is 691. The number of aromatic amines is 1. The van der Waals surface area contributed by atoms with Gasteiger partial charge in [-0.2, -0.15) is 5.10 Å². The minimum absolute atomic E-state index is 0.236. The van der Waals surface area contributed by atoms with Crippen molar-refractivity contribution < 1.29 is 5.11 Å². The molecule has 84 valence electrons. The predicted molar refractivity (Wildman–Crippen MR) is 70.9 cm³/mol. The van der Waals surface area contributed by atoms with Gasteiger partial charge in [-0.3, -0.25) is 5.10 Å². The molecule has 3 nitrogen and oxygen atoms in total. The second kappa shape index (κ2) is 3.89. The van der Waals surface area contributed by atoms with Gasteiger partial charge in [-0.25, -0.2) is 0 Å². The van der Waals surface area contributed by atoms with E-state index in [-0.39, 0.29) is 5.75 Å². The van der Waals surface area contributed by atoms with Crippen LogP contribution in [0.4, 0.5) is 0 Å². The smallest absolute Gasteiger partial charge is 0.117 e. The van der Waals surface area contributed by atoms with E-state index in [0.29, 0.717) is 0 Å². The Morgan fingerprint density at radius 3 is 2.76 bits per heavy atom. The van der Waals surface area contributed by atoms with Gasteiger partial charge in [0.2, 0.25) is 0 Å². The average Bonchev–Trinajstić information content (AvgIpc) is 2.72. The number of phenolic OH excluding ortho intramolecular Hbond substituents is 1. The average molecular weight is 289 g/mol. The summed E-state index contributed by atoms with van der Waals surface area (Å²) in [7, 11) is 0. The van der Waals surface area contributed by atoms with Gasteiger partial charge in [0.15, 0.2) is 0 Å². The minimum atomic E-state index is 0.236. The van der Waals surface area contributed by atoms with Crippen LogP contribution in [0.5, 0.6) is 5.75 Å². The molecule has 0 aliphatic rings. The summed E-state index contributed by atoms with van der Waals surface area (Å²) in [5, 5.41) is 17.6. The second-order valence-corrected chi connectivity index (χ2v) is 4.64. The molecule has 4 heteroatoms. The topological polar surface area (TPSA) is 48.9 Å². The number of halogens is 1. The van der Waals surface area contributed by atoms with Crippen LogP contribution >= 0.6 is 15.9 Å². The number of nitrogens with zero attached hydrogens (tertiary/aromatic N) is 1. The summed E-state index contributed by atoms with van der Waals surface area (Å²) >= 11 is 3.51. The summed E-state index contributed by atoms with van der Waals surface area (Å²) in [6.07, 6.45) is 0. The zero-order chi connectivity index (χ0) is 11.8. The molecular weight excluding hydrogens is 280 g/mol. The van der Waals surface area contributed by atoms with E-state index in [1.807, 2.05) is 30.3 Å². The number of hydrogen-bond acceptors (Lipinski definition) is 2.